The van der Waals surface area contributed by atoms with Crippen LogP contribution in [0.3, 0.4) is 0 Å². The predicted molar refractivity (Wildman–Crippen MR) is 98.8 cm³/mol. The lowest BCUT2D eigenvalue weighted by Gasteiger charge is -2.18. The quantitative estimate of drug-likeness (QED) is 0.565. The van der Waals surface area contributed by atoms with Crippen LogP contribution in [0.15, 0.2) is 30.7 Å². The molecule has 0 aliphatic rings. The summed E-state index contributed by atoms with van der Waals surface area (Å²) in [7, 11) is 0. The number of aromatic nitrogens is 6. The highest BCUT2D eigenvalue weighted by Crippen LogP contribution is 2.28. The van der Waals surface area contributed by atoms with E-state index in [9.17, 15) is 8.78 Å². The second kappa shape index (κ2) is 6.26. The van der Waals surface area contributed by atoms with E-state index in [4.69, 9.17) is 0 Å². The molecule has 0 saturated heterocycles. The van der Waals surface area contributed by atoms with Crippen molar-refractivity contribution in [2.45, 2.75) is 27.2 Å². The molecule has 0 unspecified atom stereocenters. The maximum atomic E-state index is 13.1. The zero-order chi connectivity index (χ0) is 19.2. The molecule has 0 saturated carbocycles. The number of fused-ring (bicyclic) bond motifs is 2. The van der Waals surface area contributed by atoms with Crippen LogP contribution in [-0.2, 0) is 0 Å². The molecule has 7 nitrogen and oxygen atoms in total. The Kier molecular flexibility index (Phi) is 4.01. The molecule has 140 valence electrons. The number of nitrogens with one attached hydrogen (secondary N) is 2. The fraction of sp³-hybridized carbons (Fsp3) is 0.333. The number of hydrogen-bond donors (Lipinski definition) is 2. The smallest absolute Gasteiger partial charge is 0.282 e. The van der Waals surface area contributed by atoms with E-state index in [0.29, 0.717) is 22.9 Å². The zero-order valence-corrected chi connectivity index (χ0v) is 15.2. The maximum Gasteiger partial charge on any atom is 0.282 e. The van der Waals surface area contributed by atoms with Crippen molar-refractivity contribution in [2.24, 2.45) is 5.41 Å². The first-order chi connectivity index (χ1) is 12.8. The van der Waals surface area contributed by atoms with E-state index in [1.165, 1.54) is 4.52 Å². The maximum absolute atomic E-state index is 13.1. The minimum absolute atomic E-state index is 0.103. The minimum atomic E-state index is -2.65. The molecule has 0 bridgehead atoms. The molecule has 9 heteroatoms. The normalized spacial score (nSPS) is 12.4. The second-order valence-electron chi connectivity index (χ2n) is 7.54. The number of imidazole rings is 1. The van der Waals surface area contributed by atoms with Crippen molar-refractivity contribution in [3.05, 3.63) is 36.4 Å². The Morgan fingerprint density at radius 1 is 1.19 bits per heavy atom. The van der Waals surface area contributed by atoms with E-state index >= 15 is 0 Å². The number of hydrogen-bond acceptors (Lipinski definition) is 5. The van der Waals surface area contributed by atoms with Gasteiger partial charge in [-0.2, -0.15) is 10.1 Å². The van der Waals surface area contributed by atoms with Crippen LogP contribution in [0.2, 0.25) is 0 Å². The van der Waals surface area contributed by atoms with Gasteiger partial charge in [-0.1, -0.05) is 20.8 Å². The molecule has 4 aromatic heterocycles. The van der Waals surface area contributed by atoms with Gasteiger partial charge in [0.05, 0.1) is 11.9 Å². The number of H-pyrrole nitrogens is 1. The van der Waals surface area contributed by atoms with Gasteiger partial charge in [0.2, 0.25) is 5.95 Å². The van der Waals surface area contributed by atoms with Crippen molar-refractivity contribution < 1.29 is 8.78 Å². The number of alkyl halides is 2. The third kappa shape index (κ3) is 3.32. The van der Waals surface area contributed by atoms with Gasteiger partial charge >= 0.3 is 0 Å². The highest BCUT2D eigenvalue weighted by molar-refractivity contribution is 5.92. The van der Waals surface area contributed by atoms with E-state index in [2.05, 4.69) is 51.1 Å². The molecule has 0 amide bonds. The molecular weight excluding hydrogens is 352 g/mol. The number of anilines is 1. The van der Waals surface area contributed by atoms with Crippen molar-refractivity contribution in [1.29, 1.82) is 0 Å². The standard InChI is InChI=1S/C18H19F2N7/c1-18(2,3)9-24-17-23-7-11-10(6-22-16(11)25-17)12-4-5-14-21-8-13(15(19)20)27(14)26-12/h4-8,15H,9H2,1-3H3,(H2,22,23,24,25). The number of halogens is 2. The molecule has 0 atom stereocenters. The fourth-order valence-electron chi connectivity index (χ4n) is 2.73. The first-order valence-electron chi connectivity index (χ1n) is 8.53. The molecule has 4 heterocycles. The van der Waals surface area contributed by atoms with Crippen molar-refractivity contribution in [3.8, 4) is 11.3 Å². The van der Waals surface area contributed by atoms with Crippen LogP contribution >= 0.6 is 0 Å². The van der Waals surface area contributed by atoms with E-state index in [0.717, 1.165) is 23.7 Å². The Bertz CT molecular complexity index is 1110. The summed E-state index contributed by atoms with van der Waals surface area (Å²) in [6.07, 6.45) is 1.94. The number of aromatic amines is 1. The van der Waals surface area contributed by atoms with Crippen molar-refractivity contribution >= 4 is 22.6 Å². The van der Waals surface area contributed by atoms with Gasteiger partial charge in [0.15, 0.2) is 5.65 Å². The highest BCUT2D eigenvalue weighted by Gasteiger charge is 2.17. The first-order valence-corrected chi connectivity index (χ1v) is 8.53. The number of nitrogens with zero attached hydrogens (tertiary/aromatic N) is 5. The Labute approximate surface area is 153 Å². The van der Waals surface area contributed by atoms with Gasteiger partial charge < -0.3 is 10.3 Å². The van der Waals surface area contributed by atoms with Crippen LogP contribution in [0.25, 0.3) is 27.9 Å². The van der Waals surface area contributed by atoms with Crippen LogP contribution in [0, 0.1) is 5.41 Å². The third-order valence-corrected chi connectivity index (χ3v) is 4.10. The van der Waals surface area contributed by atoms with Crippen LogP contribution in [-0.4, -0.2) is 36.1 Å². The van der Waals surface area contributed by atoms with Crippen molar-refractivity contribution in [2.75, 3.05) is 11.9 Å². The lowest BCUT2D eigenvalue weighted by molar-refractivity contribution is 0.143. The topological polar surface area (TPSA) is 83.8 Å². The average molecular weight is 371 g/mol. The Morgan fingerprint density at radius 3 is 2.74 bits per heavy atom. The van der Waals surface area contributed by atoms with Gasteiger partial charge in [0, 0.05) is 29.9 Å². The molecule has 0 radical (unpaired) electrons. The molecule has 0 spiro atoms. The van der Waals surface area contributed by atoms with Gasteiger partial charge in [0.1, 0.15) is 11.3 Å². The van der Waals surface area contributed by atoms with E-state index in [-0.39, 0.29) is 11.1 Å². The first kappa shape index (κ1) is 17.3. The van der Waals surface area contributed by atoms with Gasteiger partial charge in [0.25, 0.3) is 6.43 Å². The summed E-state index contributed by atoms with van der Waals surface area (Å²) in [5, 5.41) is 8.30. The largest absolute Gasteiger partial charge is 0.354 e. The fourth-order valence-corrected chi connectivity index (χ4v) is 2.73. The minimum Gasteiger partial charge on any atom is -0.354 e. The molecular formula is C18H19F2N7. The lowest BCUT2D eigenvalue weighted by Crippen LogP contribution is -2.20. The summed E-state index contributed by atoms with van der Waals surface area (Å²) in [4.78, 5) is 15.9. The predicted octanol–water partition coefficient (Wildman–Crippen LogP) is 4.06. The van der Waals surface area contributed by atoms with Crippen LogP contribution in [0.5, 0.6) is 0 Å². The van der Waals surface area contributed by atoms with Gasteiger partial charge in [-0.15, -0.1) is 0 Å². The molecule has 2 N–H and O–H groups in total. The van der Waals surface area contributed by atoms with Crippen LogP contribution < -0.4 is 5.32 Å². The molecule has 0 aliphatic carbocycles. The molecule has 0 aromatic carbocycles. The Balaban J connectivity index is 1.72. The summed E-state index contributed by atoms with van der Waals surface area (Å²) >= 11 is 0. The van der Waals surface area contributed by atoms with Crippen LogP contribution in [0.1, 0.15) is 32.9 Å². The monoisotopic (exact) mass is 371 g/mol. The van der Waals surface area contributed by atoms with E-state index in [1.54, 1.807) is 24.5 Å². The summed E-state index contributed by atoms with van der Waals surface area (Å²) in [6.45, 7) is 7.10. The summed E-state index contributed by atoms with van der Waals surface area (Å²) < 4.78 is 27.4. The number of rotatable bonds is 4. The second-order valence-corrected chi connectivity index (χ2v) is 7.54. The van der Waals surface area contributed by atoms with E-state index in [1.807, 2.05) is 0 Å². The molecule has 4 rings (SSSR count). The van der Waals surface area contributed by atoms with Crippen molar-refractivity contribution in [3.63, 3.8) is 0 Å². The average Bonchev–Trinajstić information content (AvgIpc) is 3.22. The highest BCUT2D eigenvalue weighted by atomic mass is 19.3. The van der Waals surface area contributed by atoms with Gasteiger partial charge in [-0.05, 0) is 17.5 Å². The third-order valence-electron chi connectivity index (χ3n) is 4.10. The molecule has 0 aliphatic heterocycles. The Morgan fingerprint density at radius 2 is 2.00 bits per heavy atom. The zero-order valence-electron chi connectivity index (χ0n) is 15.2. The Hall–Kier alpha value is -3.10. The van der Waals surface area contributed by atoms with Crippen LogP contribution in [0.4, 0.5) is 14.7 Å². The SMILES string of the molecule is CC(C)(C)CNc1ncc2c(-c3ccc4ncc(C(F)F)n4n3)c[nH]c2n1. The van der Waals surface area contributed by atoms with E-state index < -0.39 is 6.43 Å². The molecule has 4 aromatic rings. The summed E-state index contributed by atoms with van der Waals surface area (Å²) in [5.41, 5.74) is 2.16. The van der Waals surface area contributed by atoms with Gasteiger partial charge in [-0.25, -0.2) is 23.3 Å². The van der Waals surface area contributed by atoms with Gasteiger partial charge in [-0.3, -0.25) is 0 Å². The molecule has 0 fully saturated rings. The summed E-state index contributed by atoms with van der Waals surface area (Å²) in [6, 6.07) is 3.40. The van der Waals surface area contributed by atoms with Crippen molar-refractivity contribution in [1.82, 2.24) is 29.5 Å². The summed E-state index contributed by atoms with van der Waals surface area (Å²) in [5.74, 6) is 0.531. The lowest BCUT2D eigenvalue weighted by atomic mass is 9.97. The molecule has 27 heavy (non-hydrogen) atoms.